The Kier molecular flexibility index (Phi) is 8.73. The molecule has 0 spiro atoms. The molecule has 1 aliphatic carbocycles. The van der Waals surface area contributed by atoms with Crippen LogP contribution in [0, 0.1) is 5.92 Å². The van der Waals surface area contributed by atoms with Gasteiger partial charge in [-0.25, -0.2) is 0 Å². The lowest BCUT2D eigenvalue weighted by atomic mass is 9.93. The molecule has 0 amide bonds. The maximum absolute atomic E-state index is 6.02. The third-order valence-electron chi connectivity index (χ3n) is 5.53. The molecule has 0 aromatic heterocycles. The van der Waals surface area contributed by atoms with E-state index < -0.39 is 0 Å². The van der Waals surface area contributed by atoms with Gasteiger partial charge in [0.2, 0.25) is 0 Å². The lowest BCUT2D eigenvalue weighted by Gasteiger charge is -2.39. The first-order valence-corrected chi connectivity index (χ1v) is 10.3. The van der Waals surface area contributed by atoms with Gasteiger partial charge in [-0.3, -0.25) is 0 Å². The quantitative estimate of drug-likeness (QED) is 0.665. The number of hydrogen-bond acceptors (Lipinski definition) is 4. The fourth-order valence-corrected chi connectivity index (χ4v) is 4.09. The average Bonchev–Trinajstić information content (AvgIpc) is 2.66. The third kappa shape index (κ3) is 5.62. The van der Waals surface area contributed by atoms with Gasteiger partial charge in [0.15, 0.2) is 0 Å². The predicted molar refractivity (Wildman–Crippen MR) is 109 cm³/mol. The summed E-state index contributed by atoms with van der Waals surface area (Å²) < 4.78 is 11.5. The first-order chi connectivity index (χ1) is 12.6. The van der Waals surface area contributed by atoms with Crippen LogP contribution in [0.3, 0.4) is 0 Å². The highest BCUT2D eigenvalue weighted by atomic mass is 16.5. The highest BCUT2D eigenvalue weighted by Crippen LogP contribution is 2.27. The fourth-order valence-electron chi connectivity index (χ4n) is 4.09. The lowest BCUT2D eigenvalue weighted by Crippen LogP contribution is -2.43. The van der Waals surface area contributed by atoms with Crippen LogP contribution in [0.25, 0.3) is 0 Å². The number of likely N-dealkylation sites (N-methyl/N-ethyl adjacent to an activating group) is 1. The topological polar surface area (TPSA) is 33.7 Å². The van der Waals surface area contributed by atoms with Crippen molar-refractivity contribution in [3.63, 3.8) is 0 Å². The van der Waals surface area contributed by atoms with Crippen molar-refractivity contribution in [2.75, 3.05) is 33.9 Å². The first kappa shape index (κ1) is 21.0. The summed E-state index contributed by atoms with van der Waals surface area (Å²) in [4.78, 5) is 2.56. The van der Waals surface area contributed by atoms with E-state index in [0.29, 0.717) is 6.61 Å². The smallest absolute Gasteiger partial charge is 0.119 e. The van der Waals surface area contributed by atoms with E-state index in [1.165, 1.54) is 43.4 Å². The molecule has 26 heavy (non-hydrogen) atoms. The molecule has 2 atom stereocenters. The van der Waals surface area contributed by atoms with E-state index >= 15 is 0 Å². The molecular formula is C22H38N2O2. The summed E-state index contributed by atoms with van der Waals surface area (Å²) >= 11 is 0. The number of rotatable bonds is 9. The van der Waals surface area contributed by atoms with Crippen LogP contribution in [0.5, 0.6) is 0 Å². The van der Waals surface area contributed by atoms with Gasteiger partial charge in [0, 0.05) is 18.8 Å². The van der Waals surface area contributed by atoms with Gasteiger partial charge in [0.1, 0.15) is 5.76 Å². The minimum Gasteiger partial charge on any atom is -0.497 e. The average molecular weight is 363 g/mol. The number of hydrogen-bond donors (Lipinski definition) is 1. The molecule has 4 nitrogen and oxygen atoms in total. The molecule has 2 rings (SSSR count). The Morgan fingerprint density at radius 2 is 2.00 bits per heavy atom. The Morgan fingerprint density at radius 3 is 2.62 bits per heavy atom. The molecule has 1 fully saturated rings. The van der Waals surface area contributed by atoms with Crippen LogP contribution in [-0.2, 0) is 9.47 Å². The van der Waals surface area contributed by atoms with Crippen molar-refractivity contribution in [3.8, 4) is 0 Å². The predicted octanol–water partition coefficient (Wildman–Crippen LogP) is 4.26. The number of morpholine rings is 1. The van der Waals surface area contributed by atoms with Crippen molar-refractivity contribution < 1.29 is 9.47 Å². The lowest BCUT2D eigenvalue weighted by molar-refractivity contribution is 0.00824. The van der Waals surface area contributed by atoms with Crippen LogP contribution >= 0.6 is 0 Å². The Labute approximate surface area is 160 Å². The van der Waals surface area contributed by atoms with Gasteiger partial charge in [-0.15, -0.1) is 0 Å². The highest BCUT2D eigenvalue weighted by molar-refractivity contribution is 5.42. The van der Waals surface area contributed by atoms with Crippen molar-refractivity contribution in [1.82, 2.24) is 10.2 Å². The number of allylic oxidation sites excluding steroid dienone is 1. The highest BCUT2D eigenvalue weighted by Gasteiger charge is 2.27. The van der Waals surface area contributed by atoms with Crippen LogP contribution in [0.15, 0.2) is 35.3 Å². The molecule has 1 aliphatic heterocycles. The van der Waals surface area contributed by atoms with E-state index in [9.17, 15) is 0 Å². The Balaban J connectivity index is 2.20. The first-order valence-electron chi connectivity index (χ1n) is 10.3. The van der Waals surface area contributed by atoms with E-state index in [1.54, 1.807) is 7.11 Å². The fraction of sp³-hybridized carbons (Fsp3) is 0.727. The number of methoxy groups -OCH3 is 1. The van der Waals surface area contributed by atoms with Gasteiger partial charge in [-0.1, -0.05) is 45.6 Å². The molecule has 1 heterocycles. The molecule has 0 bridgehead atoms. The Morgan fingerprint density at radius 1 is 1.27 bits per heavy atom. The number of ether oxygens (including phenoxy) is 2. The monoisotopic (exact) mass is 362 g/mol. The van der Waals surface area contributed by atoms with Crippen LogP contribution in [0.4, 0.5) is 0 Å². The molecule has 148 valence electrons. The third-order valence-corrected chi connectivity index (χ3v) is 5.53. The van der Waals surface area contributed by atoms with Gasteiger partial charge in [0.25, 0.3) is 0 Å². The molecule has 0 saturated carbocycles. The van der Waals surface area contributed by atoms with Gasteiger partial charge in [0.05, 0.1) is 25.9 Å². The largest absolute Gasteiger partial charge is 0.497 e. The van der Waals surface area contributed by atoms with Gasteiger partial charge < -0.3 is 19.7 Å². The summed E-state index contributed by atoms with van der Waals surface area (Å²) in [7, 11) is 3.74. The summed E-state index contributed by atoms with van der Waals surface area (Å²) in [5.41, 5.74) is 2.59. The summed E-state index contributed by atoms with van der Waals surface area (Å²) in [6, 6.07) is 0.213. The molecule has 2 aliphatic rings. The van der Waals surface area contributed by atoms with Crippen molar-refractivity contribution in [2.24, 2.45) is 5.92 Å². The van der Waals surface area contributed by atoms with Crippen molar-refractivity contribution in [3.05, 3.63) is 35.3 Å². The second-order valence-corrected chi connectivity index (χ2v) is 7.58. The molecule has 0 aromatic carbocycles. The summed E-state index contributed by atoms with van der Waals surface area (Å²) in [5, 5.41) is 3.41. The molecule has 4 heteroatoms. The zero-order chi connectivity index (χ0) is 18.9. The molecule has 1 saturated heterocycles. The second kappa shape index (κ2) is 10.8. The molecular weight excluding hydrogens is 324 g/mol. The van der Waals surface area contributed by atoms with Crippen LogP contribution in [0.2, 0.25) is 0 Å². The standard InChI is InChI=1S/C22H38N2O2/c1-6-8-18(9-7-2)12-13-24-15-17(3)26-16-22(24)20-14-19(25-5)10-11-21(20)23-4/h10-11,14,17-18,21,23H,6-9,12-13,15-16H2,1-5H3/b22-20+. The van der Waals surface area contributed by atoms with Crippen LogP contribution in [0.1, 0.15) is 52.9 Å². The van der Waals surface area contributed by atoms with Crippen LogP contribution in [-0.4, -0.2) is 50.9 Å². The Bertz CT molecular complexity index is 518. The van der Waals surface area contributed by atoms with Crippen LogP contribution < -0.4 is 5.32 Å². The zero-order valence-corrected chi connectivity index (χ0v) is 17.4. The van der Waals surface area contributed by atoms with E-state index in [2.05, 4.69) is 43.1 Å². The second-order valence-electron chi connectivity index (χ2n) is 7.58. The molecule has 1 N–H and O–H groups in total. The maximum atomic E-state index is 6.02. The van der Waals surface area contributed by atoms with Gasteiger partial charge in [-0.05, 0) is 44.0 Å². The number of nitrogens with one attached hydrogen (secondary N) is 1. The molecule has 2 unspecified atom stereocenters. The van der Waals surface area contributed by atoms with Crippen molar-refractivity contribution >= 4 is 0 Å². The minimum absolute atomic E-state index is 0.213. The summed E-state index contributed by atoms with van der Waals surface area (Å²) in [5.74, 6) is 1.75. The summed E-state index contributed by atoms with van der Waals surface area (Å²) in [6.45, 7) is 9.55. The Hall–Kier alpha value is -1.26. The van der Waals surface area contributed by atoms with E-state index in [4.69, 9.17) is 9.47 Å². The van der Waals surface area contributed by atoms with E-state index in [0.717, 1.165) is 24.8 Å². The van der Waals surface area contributed by atoms with Gasteiger partial charge in [-0.2, -0.15) is 0 Å². The zero-order valence-electron chi connectivity index (χ0n) is 17.4. The van der Waals surface area contributed by atoms with Crippen molar-refractivity contribution in [2.45, 2.75) is 65.0 Å². The number of nitrogens with zero attached hydrogens (tertiary/aromatic N) is 1. The van der Waals surface area contributed by atoms with E-state index in [1.807, 2.05) is 13.1 Å². The summed E-state index contributed by atoms with van der Waals surface area (Å²) in [6.07, 6.45) is 13.2. The molecule has 0 radical (unpaired) electrons. The molecule has 0 aromatic rings. The van der Waals surface area contributed by atoms with Crippen molar-refractivity contribution in [1.29, 1.82) is 0 Å². The minimum atomic E-state index is 0.213. The maximum Gasteiger partial charge on any atom is 0.119 e. The SMILES string of the molecule is CCCC(CCC)CCN1CC(C)OC/C1=C1/C=C(OC)C=CC1NC. The van der Waals surface area contributed by atoms with E-state index in [-0.39, 0.29) is 12.1 Å². The van der Waals surface area contributed by atoms with Gasteiger partial charge >= 0.3 is 0 Å². The normalized spacial score (nSPS) is 26.4.